The molecule has 1 rings (SSSR count). The van der Waals surface area contributed by atoms with Gasteiger partial charge in [0.2, 0.25) is 0 Å². The average molecular weight is 273 g/mol. The van der Waals surface area contributed by atoms with Crippen LogP contribution < -0.4 is 4.74 Å². The molecule has 4 heteroatoms. The van der Waals surface area contributed by atoms with Crippen LogP contribution in [0.5, 0.6) is 5.75 Å². The number of ether oxygens (including phenoxy) is 1. The van der Waals surface area contributed by atoms with E-state index < -0.39 is 0 Å². The molecule has 0 aliphatic carbocycles. The first-order valence-electron chi connectivity index (χ1n) is 4.54. The van der Waals surface area contributed by atoms with E-state index in [4.69, 9.17) is 9.84 Å². The van der Waals surface area contributed by atoms with E-state index >= 15 is 0 Å². The highest BCUT2D eigenvalue weighted by molar-refractivity contribution is 9.10. The lowest BCUT2D eigenvalue weighted by molar-refractivity contribution is -0.116. The first-order chi connectivity index (χ1) is 7.08. The number of ketones is 1. The number of rotatable bonds is 4. The Hall–Kier alpha value is -0.870. The minimum absolute atomic E-state index is 0.0807. The van der Waals surface area contributed by atoms with Crippen molar-refractivity contribution < 1.29 is 14.6 Å². The van der Waals surface area contributed by atoms with Crippen molar-refractivity contribution in [3.8, 4) is 5.75 Å². The molecular formula is C11H13BrO3. The van der Waals surface area contributed by atoms with Crippen molar-refractivity contribution in [2.24, 2.45) is 0 Å². The van der Waals surface area contributed by atoms with Gasteiger partial charge in [-0.05, 0) is 40.0 Å². The van der Waals surface area contributed by atoms with E-state index in [9.17, 15) is 4.79 Å². The van der Waals surface area contributed by atoms with Crippen LogP contribution in [0.15, 0.2) is 16.6 Å². The third-order valence-electron chi connectivity index (χ3n) is 2.02. The average Bonchev–Trinajstić information content (AvgIpc) is 2.19. The van der Waals surface area contributed by atoms with E-state index in [2.05, 4.69) is 15.9 Å². The number of Topliss-reactive ketones (excluding diaryl/α,β-unsaturated/α-hetero) is 1. The quantitative estimate of drug-likeness (QED) is 0.913. The van der Waals surface area contributed by atoms with Gasteiger partial charge in [0.15, 0.2) is 0 Å². The van der Waals surface area contributed by atoms with Gasteiger partial charge >= 0.3 is 0 Å². The fraction of sp³-hybridized carbons (Fsp3) is 0.364. The second kappa shape index (κ2) is 5.28. The summed E-state index contributed by atoms with van der Waals surface area (Å²) in [5.41, 5.74) is 1.58. The first-order valence-corrected chi connectivity index (χ1v) is 5.33. The van der Waals surface area contributed by atoms with E-state index in [0.717, 1.165) is 15.6 Å². The van der Waals surface area contributed by atoms with E-state index in [0.29, 0.717) is 12.2 Å². The van der Waals surface area contributed by atoms with Crippen LogP contribution in [0, 0.1) is 0 Å². The standard InChI is InChI=1S/C11H13BrO3/c1-7(14)3-8-4-9(6-13)11(12)10(5-8)15-2/h4-5,13H,3,6H2,1-2H3. The monoisotopic (exact) mass is 272 g/mol. The molecular weight excluding hydrogens is 260 g/mol. The SMILES string of the molecule is COc1cc(CC(C)=O)cc(CO)c1Br. The molecule has 0 heterocycles. The molecule has 1 aromatic carbocycles. The Morgan fingerprint density at radius 1 is 1.53 bits per heavy atom. The van der Waals surface area contributed by atoms with Gasteiger partial charge in [-0.15, -0.1) is 0 Å². The summed E-state index contributed by atoms with van der Waals surface area (Å²) in [6, 6.07) is 3.60. The summed E-state index contributed by atoms with van der Waals surface area (Å²) < 4.78 is 5.88. The van der Waals surface area contributed by atoms with E-state index in [-0.39, 0.29) is 12.4 Å². The van der Waals surface area contributed by atoms with Gasteiger partial charge in [-0.3, -0.25) is 4.79 Å². The lowest BCUT2D eigenvalue weighted by Gasteiger charge is -2.10. The minimum atomic E-state index is -0.0807. The second-order valence-electron chi connectivity index (χ2n) is 3.31. The molecule has 0 spiro atoms. The summed E-state index contributed by atoms with van der Waals surface area (Å²) in [4.78, 5) is 11.0. The highest BCUT2D eigenvalue weighted by atomic mass is 79.9. The fourth-order valence-corrected chi connectivity index (χ4v) is 1.89. The molecule has 3 nitrogen and oxygen atoms in total. The van der Waals surface area contributed by atoms with Crippen molar-refractivity contribution >= 4 is 21.7 Å². The summed E-state index contributed by atoms with van der Waals surface area (Å²) in [5, 5.41) is 9.13. The maximum Gasteiger partial charge on any atom is 0.134 e. The van der Waals surface area contributed by atoms with E-state index in [1.807, 2.05) is 0 Å². The third kappa shape index (κ3) is 3.04. The van der Waals surface area contributed by atoms with Crippen LogP contribution >= 0.6 is 15.9 Å². The number of halogens is 1. The zero-order valence-electron chi connectivity index (χ0n) is 8.71. The van der Waals surface area contributed by atoms with Crippen LogP contribution in [0.4, 0.5) is 0 Å². The van der Waals surface area contributed by atoms with Gasteiger partial charge in [-0.2, -0.15) is 0 Å². The molecule has 15 heavy (non-hydrogen) atoms. The number of benzene rings is 1. The van der Waals surface area contributed by atoms with E-state index in [1.54, 1.807) is 19.2 Å². The Morgan fingerprint density at radius 2 is 2.20 bits per heavy atom. The van der Waals surface area contributed by atoms with Gasteiger partial charge in [-0.25, -0.2) is 0 Å². The summed E-state index contributed by atoms with van der Waals surface area (Å²) >= 11 is 3.33. The normalized spacial score (nSPS) is 10.1. The van der Waals surface area contributed by atoms with Gasteiger partial charge in [0.25, 0.3) is 0 Å². The van der Waals surface area contributed by atoms with E-state index in [1.165, 1.54) is 6.92 Å². The highest BCUT2D eigenvalue weighted by Crippen LogP contribution is 2.30. The van der Waals surface area contributed by atoms with Crippen molar-refractivity contribution in [1.82, 2.24) is 0 Å². The number of aliphatic hydroxyl groups excluding tert-OH is 1. The van der Waals surface area contributed by atoms with Gasteiger partial charge < -0.3 is 9.84 Å². The molecule has 1 N–H and O–H groups in total. The van der Waals surface area contributed by atoms with Crippen molar-refractivity contribution in [2.45, 2.75) is 20.0 Å². The Labute approximate surface area is 97.2 Å². The lowest BCUT2D eigenvalue weighted by atomic mass is 10.1. The topological polar surface area (TPSA) is 46.5 Å². The van der Waals surface area contributed by atoms with Crippen LogP contribution in [0.1, 0.15) is 18.1 Å². The molecule has 0 atom stereocenters. The molecule has 0 saturated carbocycles. The third-order valence-corrected chi connectivity index (χ3v) is 2.92. The zero-order valence-corrected chi connectivity index (χ0v) is 10.3. The lowest BCUT2D eigenvalue weighted by Crippen LogP contribution is -2.00. The van der Waals surface area contributed by atoms with Crippen molar-refractivity contribution in [2.75, 3.05) is 7.11 Å². The van der Waals surface area contributed by atoms with Gasteiger partial charge in [0.1, 0.15) is 11.5 Å². The molecule has 0 fully saturated rings. The Balaban J connectivity index is 3.14. The zero-order chi connectivity index (χ0) is 11.4. The number of carbonyl (C=O) groups excluding carboxylic acids is 1. The van der Waals surface area contributed by atoms with Crippen molar-refractivity contribution in [3.63, 3.8) is 0 Å². The molecule has 0 aliphatic heterocycles. The highest BCUT2D eigenvalue weighted by Gasteiger charge is 2.09. The molecule has 1 aromatic rings. The number of carbonyl (C=O) groups is 1. The number of methoxy groups -OCH3 is 1. The van der Waals surface area contributed by atoms with Crippen molar-refractivity contribution in [1.29, 1.82) is 0 Å². The molecule has 0 unspecified atom stereocenters. The molecule has 0 radical (unpaired) electrons. The smallest absolute Gasteiger partial charge is 0.134 e. The maximum absolute atomic E-state index is 11.0. The summed E-state index contributed by atoms with van der Waals surface area (Å²) in [6.45, 7) is 1.45. The summed E-state index contributed by atoms with van der Waals surface area (Å²) in [6.07, 6.45) is 0.358. The molecule has 0 amide bonds. The fourth-order valence-electron chi connectivity index (χ4n) is 1.37. The van der Waals surface area contributed by atoms with Crippen LogP contribution in [0.3, 0.4) is 0 Å². The maximum atomic E-state index is 11.0. The van der Waals surface area contributed by atoms with Crippen LogP contribution in [0.25, 0.3) is 0 Å². The Morgan fingerprint density at radius 3 is 2.67 bits per heavy atom. The summed E-state index contributed by atoms with van der Waals surface area (Å²) in [7, 11) is 1.55. The molecule has 0 bridgehead atoms. The largest absolute Gasteiger partial charge is 0.496 e. The minimum Gasteiger partial charge on any atom is -0.496 e. The van der Waals surface area contributed by atoms with Gasteiger partial charge in [0.05, 0.1) is 18.2 Å². The van der Waals surface area contributed by atoms with Crippen LogP contribution in [-0.4, -0.2) is 18.0 Å². The summed E-state index contributed by atoms with van der Waals surface area (Å²) in [5.74, 6) is 0.723. The van der Waals surface area contributed by atoms with Gasteiger partial charge in [-0.1, -0.05) is 6.07 Å². The number of hydrogen-bond acceptors (Lipinski definition) is 3. The molecule has 0 aliphatic rings. The number of aliphatic hydroxyl groups is 1. The predicted molar refractivity (Wildman–Crippen MR) is 61.0 cm³/mol. The van der Waals surface area contributed by atoms with Crippen LogP contribution in [0.2, 0.25) is 0 Å². The molecule has 82 valence electrons. The molecule has 0 aromatic heterocycles. The second-order valence-corrected chi connectivity index (χ2v) is 4.10. The van der Waals surface area contributed by atoms with Crippen molar-refractivity contribution in [3.05, 3.63) is 27.7 Å². The Kier molecular flexibility index (Phi) is 4.29. The predicted octanol–water partition coefficient (Wildman–Crippen LogP) is 2.08. The first kappa shape index (κ1) is 12.2. The van der Waals surface area contributed by atoms with Gasteiger partial charge in [0, 0.05) is 6.42 Å². The number of hydrogen-bond donors (Lipinski definition) is 1. The molecule has 0 saturated heterocycles. The Bertz CT molecular complexity index is 349. The van der Waals surface area contributed by atoms with Crippen LogP contribution in [-0.2, 0) is 17.8 Å².